The van der Waals surface area contributed by atoms with Crippen LogP contribution in [0.1, 0.15) is 53.2 Å². The van der Waals surface area contributed by atoms with Gasteiger partial charge in [-0.05, 0) is 87.9 Å². The molecule has 1 atom stereocenters. The van der Waals surface area contributed by atoms with Gasteiger partial charge in [-0.1, -0.05) is 12.1 Å². The minimum Gasteiger partial charge on any atom is -0.336 e. The molecule has 5 nitrogen and oxygen atoms in total. The number of hydrogen-bond donors (Lipinski definition) is 1. The number of nitrogens with zero attached hydrogens (tertiary/aromatic N) is 1. The third-order valence-corrected chi connectivity index (χ3v) is 6.80. The van der Waals surface area contributed by atoms with Gasteiger partial charge in [0.15, 0.2) is 0 Å². The molecule has 0 saturated carbocycles. The van der Waals surface area contributed by atoms with Crippen molar-refractivity contribution in [2.75, 3.05) is 11.3 Å². The zero-order valence-corrected chi connectivity index (χ0v) is 17.8. The van der Waals surface area contributed by atoms with Gasteiger partial charge in [-0.15, -0.1) is 0 Å². The number of likely N-dealkylation sites (tertiary alicyclic amines) is 1. The first-order valence-electron chi connectivity index (χ1n) is 9.70. The fraction of sp³-hybridized carbons (Fsp3) is 0.409. The number of rotatable bonds is 4. The topological polar surface area (TPSA) is 66.5 Å². The van der Waals surface area contributed by atoms with Crippen molar-refractivity contribution >= 4 is 21.6 Å². The lowest BCUT2D eigenvalue weighted by Gasteiger charge is -2.33. The molecule has 0 aliphatic carbocycles. The molecule has 3 rings (SSSR count). The minimum atomic E-state index is -3.74. The maximum absolute atomic E-state index is 13.0. The molecule has 1 aliphatic heterocycles. The SMILES string of the molecule is Cc1cc(NS(=O)(=O)c2cc(C)ccc2C)cc(C(=O)N2CCCC[C@H]2C)c1. The highest BCUT2D eigenvalue weighted by molar-refractivity contribution is 7.92. The highest BCUT2D eigenvalue weighted by atomic mass is 32.2. The summed E-state index contributed by atoms with van der Waals surface area (Å²) in [6.45, 7) is 8.32. The summed E-state index contributed by atoms with van der Waals surface area (Å²) in [5.74, 6) is -0.0388. The fourth-order valence-electron chi connectivity index (χ4n) is 3.74. The van der Waals surface area contributed by atoms with Crippen LogP contribution in [0, 0.1) is 20.8 Å². The standard InChI is InChI=1S/C22H28N2O3S/c1-15-8-9-17(3)21(13-15)28(26,27)23-20-12-16(2)11-19(14-20)22(25)24-10-6-5-7-18(24)4/h8-9,11-14,18,23H,5-7,10H2,1-4H3/t18-/m1/s1. The Morgan fingerprint density at radius 3 is 2.50 bits per heavy atom. The lowest BCUT2D eigenvalue weighted by atomic mass is 10.0. The van der Waals surface area contributed by atoms with Gasteiger partial charge < -0.3 is 4.90 Å². The van der Waals surface area contributed by atoms with Crippen molar-refractivity contribution in [2.45, 2.75) is 57.9 Å². The highest BCUT2D eigenvalue weighted by Gasteiger charge is 2.25. The van der Waals surface area contributed by atoms with Gasteiger partial charge in [-0.2, -0.15) is 0 Å². The number of anilines is 1. The molecular formula is C22H28N2O3S. The van der Waals surface area contributed by atoms with Crippen LogP contribution in [0.15, 0.2) is 41.3 Å². The van der Waals surface area contributed by atoms with Gasteiger partial charge in [0.05, 0.1) is 4.90 Å². The van der Waals surface area contributed by atoms with Crippen molar-refractivity contribution in [1.29, 1.82) is 0 Å². The number of carbonyl (C=O) groups is 1. The Balaban J connectivity index is 1.91. The van der Waals surface area contributed by atoms with Gasteiger partial charge in [0.25, 0.3) is 15.9 Å². The van der Waals surface area contributed by atoms with Crippen molar-refractivity contribution in [2.24, 2.45) is 0 Å². The average molecular weight is 401 g/mol. The van der Waals surface area contributed by atoms with E-state index in [2.05, 4.69) is 11.6 Å². The monoisotopic (exact) mass is 400 g/mol. The average Bonchev–Trinajstić information content (AvgIpc) is 2.62. The van der Waals surface area contributed by atoms with Gasteiger partial charge in [0, 0.05) is 23.8 Å². The molecule has 0 unspecified atom stereocenters. The lowest BCUT2D eigenvalue weighted by Crippen LogP contribution is -2.42. The molecule has 6 heteroatoms. The fourth-order valence-corrected chi connectivity index (χ4v) is 5.11. The van der Waals surface area contributed by atoms with E-state index in [1.54, 1.807) is 31.2 Å². The van der Waals surface area contributed by atoms with Crippen LogP contribution in [-0.2, 0) is 10.0 Å². The minimum absolute atomic E-state index is 0.0388. The van der Waals surface area contributed by atoms with E-state index in [1.807, 2.05) is 30.9 Å². The van der Waals surface area contributed by atoms with Crippen molar-refractivity contribution < 1.29 is 13.2 Å². The number of benzene rings is 2. The number of aryl methyl sites for hydroxylation is 3. The van der Waals surface area contributed by atoms with E-state index in [-0.39, 0.29) is 16.8 Å². The number of nitrogens with one attached hydrogen (secondary N) is 1. The highest BCUT2D eigenvalue weighted by Crippen LogP contribution is 2.25. The molecule has 1 aliphatic rings. The molecule has 1 fully saturated rings. The van der Waals surface area contributed by atoms with Crippen molar-refractivity contribution in [3.8, 4) is 0 Å². The first-order valence-corrected chi connectivity index (χ1v) is 11.2. The quantitative estimate of drug-likeness (QED) is 0.826. The van der Waals surface area contributed by atoms with Crippen LogP contribution in [0.2, 0.25) is 0 Å². The number of piperidine rings is 1. The molecule has 0 aromatic heterocycles. The molecule has 150 valence electrons. The van der Waals surface area contributed by atoms with Crippen LogP contribution in [0.5, 0.6) is 0 Å². The van der Waals surface area contributed by atoms with Gasteiger partial charge >= 0.3 is 0 Å². The molecule has 0 bridgehead atoms. The normalized spacial score (nSPS) is 17.4. The molecule has 28 heavy (non-hydrogen) atoms. The summed E-state index contributed by atoms with van der Waals surface area (Å²) in [4.78, 5) is 15.1. The van der Waals surface area contributed by atoms with E-state index in [0.29, 0.717) is 16.8 Å². The Bertz CT molecular complexity index is 999. The van der Waals surface area contributed by atoms with Gasteiger partial charge in [0.2, 0.25) is 0 Å². The third-order valence-electron chi connectivity index (χ3n) is 5.27. The molecule has 0 radical (unpaired) electrons. The molecule has 0 spiro atoms. The zero-order chi connectivity index (χ0) is 20.5. The van der Waals surface area contributed by atoms with E-state index in [9.17, 15) is 13.2 Å². The number of hydrogen-bond acceptors (Lipinski definition) is 3. The number of sulfonamides is 1. The summed E-state index contributed by atoms with van der Waals surface area (Å²) in [6.07, 6.45) is 3.15. The Morgan fingerprint density at radius 1 is 1.04 bits per heavy atom. The first-order chi connectivity index (χ1) is 13.2. The first kappa shape index (κ1) is 20.4. The largest absolute Gasteiger partial charge is 0.336 e. The Kier molecular flexibility index (Phi) is 5.79. The zero-order valence-electron chi connectivity index (χ0n) is 17.0. The predicted octanol–water partition coefficient (Wildman–Crippen LogP) is 4.43. The van der Waals surface area contributed by atoms with E-state index in [4.69, 9.17) is 0 Å². The maximum atomic E-state index is 13.0. The Labute approximate surface area is 167 Å². The molecule has 1 saturated heterocycles. The van der Waals surface area contributed by atoms with Crippen LogP contribution < -0.4 is 4.72 Å². The summed E-state index contributed by atoms with van der Waals surface area (Å²) < 4.78 is 28.5. The Morgan fingerprint density at radius 2 is 1.79 bits per heavy atom. The van der Waals surface area contributed by atoms with Crippen LogP contribution in [0.4, 0.5) is 5.69 Å². The lowest BCUT2D eigenvalue weighted by molar-refractivity contribution is 0.0635. The van der Waals surface area contributed by atoms with Gasteiger partial charge in [-0.3, -0.25) is 9.52 Å². The molecule has 2 aromatic rings. The second kappa shape index (κ2) is 7.95. The summed E-state index contributed by atoms with van der Waals surface area (Å²) >= 11 is 0. The van der Waals surface area contributed by atoms with Crippen molar-refractivity contribution in [3.05, 3.63) is 58.7 Å². The van der Waals surface area contributed by atoms with E-state index < -0.39 is 10.0 Å². The molecule has 1 N–H and O–H groups in total. The molecular weight excluding hydrogens is 372 g/mol. The van der Waals surface area contributed by atoms with Crippen molar-refractivity contribution in [1.82, 2.24) is 4.90 Å². The van der Waals surface area contributed by atoms with Crippen LogP contribution in [0.3, 0.4) is 0 Å². The van der Waals surface area contributed by atoms with Crippen LogP contribution in [-0.4, -0.2) is 31.8 Å². The summed E-state index contributed by atoms with van der Waals surface area (Å²) in [5.41, 5.74) is 3.34. The smallest absolute Gasteiger partial charge is 0.262 e. The van der Waals surface area contributed by atoms with Crippen LogP contribution >= 0.6 is 0 Å². The van der Waals surface area contributed by atoms with Gasteiger partial charge in [-0.25, -0.2) is 8.42 Å². The predicted molar refractivity (Wildman–Crippen MR) is 112 cm³/mol. The third kappa shape index (κ3) is 4.38. The van der Waals surface area contributed by atoms with E-state index >= 15 is 0 Å². The number of carbonyl (C=O) groups excluding carboxylic acids is 1. The summed E-state index contributed by atoms with van der Waals surface area (Å²) in [6, 6.07) is 10.8. The second-order valence-electron chi connectivity index (χ2n) is 7.81. The van der Waals surface area contributed by atoms with Crippen LogP contribution in [0.25, 0.3) is 0 Å². The Hall–Kier alpha value is -2.34. The summed E-state index contributed by atoms with van der Waals surface area (Å²) in [7, 11) is -3.74. The second-order valence-corrected chi connectivity index (χ2v) is 9.46. The maximum Gasteiger partial charge on any atom is 0.262 e. The molecule has 1 heterocycles. The van der Waals surface area contributed by atoms with E-state index in [1.165, 1.54) is 0 Å². The van der Waals surface area contributed by atoms with Gasteiger partial charge in [0.1, 0.15) is 0 Å². The number of amides is 1. The van der Waals surface area contributed by atoms with E-state index in [0.717, 1.165) is 36.9 Å². The van der Waals surface area contributed by atoms with Crippen molar-refractivity contribution in [3.63, 3.8) is 0 Å². The molecule has 2 aromatic carbocycles. The molecule has 1 amide bonds. The summed E-state index contributed by atoms with van der Waals surface area (Å²) in [5, 5.41) is 0.